The van der Waals surface area contributed by atoms with Crippen LogP contribution in [0, 0.1) is 0 Å². The van der Waals surface area contributed by atoms with E-state index >= 15 is 0 Å². The molecule has 2 saturated heterocycles. The number of thiazole rings is 1. The number of aromatic nitrogens is 1. The van der Waals surface area contributed by atoms with Crippen molar-refractivity contribution in [3.8, 4) is 0 Å². The Morgan fingerprint density at radius 2 is 2.30 bits per heavy atom. The van der Waals surface area contributed by atoms with Gasteiger partial charge in [-0.2, -0.15) is 8.42 Å². The summed E-state index contributed by atoms with van der Waals surface area (Å²) in [7, 11) is -4.57. The molecule has 0 aromatic carbocycles. The van der Waals surface area contributed by atoms with E-state index < -0.39 is 34.3 Å². The van der Waals surface area contributed by atoms with Crippen LogP contribution in [0.15, 0.2) is 5.38 Å². The number of hydrogen-bond donors (Lipinski definition) is 3. The maximum atomic E-state index is 12.1. The third kappa shape index (κ3) is 3.32. The number of nitrogen functional groups attached to an aromatic ring is 1. The van der Waals surface area contributed by atoms with Gasteiger partial charge in [-0.25, -0.2) is 14.1 Å². The minimum absolute atomic E-state index is 0. The Morgan fingerprint density at radius 1 is 1.61 bits per heavy atom. The van der Waals surface area contributed by atoms with Gasteiger partial charge in [0.1, 0.15) is 6.04 Å². The van der Waals surface area contributed by atoms with Crippen LogP contribution in [0.4, 0.5) is 9.93 Å². The van der Waals surface area contributed by atoms with Gasteiger partial charge >= 0.3 is 45.9 Å². The van der Waals surface area contributed by atoms with Crippen LogP contribution >= 0.6 is 11.3 Å². The van der Waals surface area contributed by atoms with Crippen molar-refractivity contribution in [2.75, 3.05) is 12.3 Å². The molecule has 0 bridgehead atoms. The number of nitrogens with zero attached hydrogens (tertiary/aromatic N) is 3. The third-order valence-corrected chi connectivity index (χ3v) is 5.31. The molecule has 0 saturated carbocycles. The number of rotatable bonds is 3. The summed E-state index contributed by atoms with van der Waals surface area (Å²) >= 11 is 1.25. The fraction of sp³-hybridized carbons (Fsp3) is 0.500. The Balaban J connectivity index is 0.00000144. The SMILES string of the molecule is Nc1nc(CNC(=O)N2CC[C@@H]3[C@H]2C(=O)N3S(=O)(=O)O)cs1.[H-].[Na+]. The van der Waals surface area contributed by atoms with E-state index in [1.165, 1.54) is 16.2 Å². The zero-order valence-electron chi connectivity index (χ0n) is 13.2. The molecule has 2 fully saturated rings. The molecule has 2 aliphatic heterocycles. The van der Waals surface area contributed by atoms with E-state index in [-0.39, 0.29) is 44.1 Å². The summed E-state index contributed by atoms with van der Waals surface area (Å²) < 4.78 is 31.6. The Hall–Kier alpha value is -0.920. The van der Waals surface area contributed by atoms with Gasteiger partial charge in [0.2, 0.25) is 0 Å². The topological polar surface area (TPSA) is 146 Å². The summed E-state index contributed by atoms with van der Waals surface area (Å²) in [6.07, 6.45) is 0.299. The summed E-state index contributed by atoms with van der Waals surface area (Å²) in [6, 6.07) is -2.02. The number of carbonyl (C=O) groups is 2. The van der Waals surface area contributed by atoms with Crippen LogP contribution in [0.1, 0.15) is 13.5 Å². The van der Waals surface area contributed by atoms with Crippen molar-refractivity contribution in [2.45, 2.75) is 25.0 Å². The molecule has 4 N–H and O–H groups in total. The summed E-state index contributed by atoms with van der Waals surface area (Å²) in [5, 5.41) is 4.70. The molecule has 2 atom stereocenters. The van der Waals surface area contributed by atoms with Crippen molar-refractivity contribution >= 4 is 38.7 Å². The molecule has 122 valence electrons. The second-order valence-corrected chi connectivity index (χ2v) is 7.12. The van der Waals surface area contributed by atoms with Crippen LogP contribution in [-0.4, -0.2) is 57.7 Å². The smallest absolute Gasteiger partial charge is 1.00 e. The second-order valence-electron chi connectivity index (χ2n) is 4.94. The molecule has 1 aromatic rings. The normalized spacial score (nSPS) is 23.1. The van der Waals surface area contributed by atoms with Gasteiger partial charge in [0.25, 0.3) is 5.91 Å². The van der Waals surface area contributed by atoms with Crippen LogP contribution in [-0.2, 0) is 21.6 Å². The van der Waals surface area contributed by atoms with Gasteiger partial charge in [0.05, 0.1) is 18.3 Å². The predicted octanol–water partition coefficient (Wildman–Crippen LogP) is -3.86. The number of β-lactam (4-membered cyclic amide) rings is 1. The standard InChI is InChI=1S/C10H13N5O5S2.Na.H/c11-9-13-5(4-21-9)3-12-10(17)14-2-1-6-7(14)8(16)15(6)22(18,19)20;;/h4,6-7H,1-3H2,(H2,11,13)(H,12,17)(H,18,19,20);;/q;+1;-1/t6-,7+;;/m1../s1. The second kappa shape index (κ2) is 6.53. The first kappa shape index (κ1) is 18.4. The van der Waals surface area contributed by atoms with Crippen molar-refractivity contribution in [1.82, 2.24) is 19.5 Å². The van der Waals surface area contributed by atoms with E-state index in [4.69, 9.17) is 10.3 Å². The molecule has 0 spiro atoms. The summed E-state index contributed by atoms with van der Waals surface area (Å²) in [5.74, 6) is -0.793. The fourth-order valence-electron chi connectivity index (χ4n) is 2.72. The minimum Gasteiger partial charge on any atom is -1.00 e. The van der Waals surface area contributed by atoms with Crippen molar-refractivity contribution in [3.63, 3.8) is 0 Å². The number of anilines is 1. The van der Waals surface area contributed by atoms with E-state index in [0.717, 1.165) is 0 Å². The van der Waals surface area contributed by atoms with E-state index in [0.29, 0.717) is 21.6 Å². The number of likely N-dealkylation sites (tertiary alicyclic amines) is 1. The minimum atomic E-state index is -4.57. The molecule has 0 radical (unpaired) electrons. The maximum absolute atomic E-state index is 12.1. The molecule has 10 nitrogen and oxygen atoms in total. The summed E-state index contributed by atoms with van der Waals surface area (Å²) in [5.41, 5.74) is 6.09. The van der Waals surface area contributed by atoms with Gasteiger partial charge in [0, 0.05) is 11.9 Å². The average Bonchev–Trinajstić information content (AvgIpc) is 2.98. The first-order valence-electron chi connectivity index (χ1n) is 6.34. The number of hydrogen-bond acceptors (Lipinski definition) is 7. The number of nitrogens with one attached hydrogen (secondary N) is 1. The Bertz CT molecular complexity index is 744. The van der Waals surface area contributed by atoms with Crippen LogP contribution in [0.25, 0.3) is 0 Å². The largest absolute Gasteiger partial charge is 1.00 e. The maximum Gasteiger partial charge on any atom is 1.00 e. The van der Waals surface area contributed by atoms with E-state index in [9.17, 15) is 18.0 Å². The van der Waals surface area contributed by atoms with E-state index in [1.807, 2.05) is 0 Å². The number of amides is 3. The Labute approximate surface area is 159 Å². The average molecular weight is 371 g/mol. The van der Waals surface area contributed by atoms with E-state index in [1.54, 1.807) is 5.38 Å². The van der Waals surface area contributed by atoms with Gasteiger partial charge in [-0.1, -0.05) is 0 Å². The molecule has 23 heavy (non-hydrogen) atoms. The van der Waals surface area contributed by atoms with Gasteiger partial charge < -0.3 is 17.4 Å². The molecular weight excluding hydrogens is 357 g/mol. The number of nitrogens with two attached hydrogens (primary N) is 1. The summed E-state index contributed by atoms with van der Waals surface area (Å²) in [4.78, 5) is 29.2. The Kier molecular flexibility index (Phi) is 5.23. The predicted molar refractivity (Wildman–Crippen MR) is 77.2 cm³/mol. The van der Waals surface area contributed by atoms with E-state index in [2.05, 4.69) is 10.3 Å². The molecule has 0 aliphatic carbocycles. The molecule has 13 heteroatoms. The molecule has 1 aromatic heterocycles. The zero-order chi connectivity index (χ0) is 16.1. The van der Waals surface area contributed by atoms with Gasteiger partial charge in [-0.3, -0.25) is 9.35 Å². The van der Waals surface area contributed by atoms with Crippen LogP contribution in [0.2, 0.25) is 0 Å². The molecular formula is C10H14N5NaO5S2. The number of fused-ring (bicyclic) bond motifs is 1. The third-order valence-electron chi connectivity index (χ3n) is 3.64. The van der Waals surface area contributed by atoms with Crippen molar-refractivity contribution < 1.29 is 53.5 Å². The first-order chi connectivity index (χ1) is 10.3. The van der Waals surface area contributed by atoms with Crippen LogP contribution in [0.5, 0.6) is 0 Å². The molecule has 3 heterocycles. The molecule has 2 aliphatic rings. The quantitative estimate of drug-likeness (QED) is 0.280. The first-order valence-corrected chi connectivity index (χ1v) is 8.61. The number of carbonyl (C=O) groups excluding carboxylic acids is 2. The zero-order valence-corrected chi connectivity index (χ0v) is 15.8. The van der Waals surface area contributed by atoms with Crippen molar-refractivity contribution in [1.29, 1.82) is 0 Å². The summed E-state index contributed by atoms with van der Waals surface area (Å²) in [6.45, 7) is 0.398. The van der Waals surface area contributed by atoms with Crippen LogP contribution < -0.4 is 40.6 Å². The van der Waals surface area contributed by atoms with Gasteiger partial charge in [0.15, 0.2) is 5.13 Å². The molecule has 0 unspecified atom stereocenters. The van der Waals surface area contributed by atoms with Gasteiger partial charge in [-0.05, 0) is 6.42 Å². The monoisotopic (exact) mass is 371 g/mol. The fourth-order valence-corrected chi connectivity index (χ4v) is 4.18. The van der Waals surface area contributed by atoms with Gasteiger partial charge in [-0.15, -0.1) is 11.3 Å². The molecule has 3 rings (SSSR count). The number of urea groups is 1. The Morgan fingerprint density at radius 3 is 2.87 bits per heavy atom. The van der Waals surface area contributed by atoms with Crippen LogP contribution in [0.3, 0.4) is 0 Å². The van der Waals surface area contributed by atoms with Crippen molar-refractivity contribution in [3.05, 3.63) is 11.1 Å². The van der Waals surface area contributed by atoms with Crippen molar-refractivity contribution in [2.24, 2.45) is 0 Å². The molecule has 3 amide bonds.